The van der Waals surface area contributed by atoms with Gasteiger partial charge in [-0.3, -0.25) is 9.59 Å². The molecule has 0 bridgehead atoms. The van der Waals surface area contributed by atoms with Gasteiger partial charge in [0.15, 0.2) is 0 Å². The highest BCUT2D eigenvalue weighted by atomic mass is 32.2. The van der Waals surface area contributed by atoms with E-state index in [1.165, 1.54) is 0 Å². The second-order valence-corrected chi connectivity index (χ2v) is 4.02. The third-order valence-electron chi connectivity index (χ3n) is 1.87. The molecule has 5 nitrogen and oxygen atoms in total. The fraction of sp³-hybridized carbons (Fsp3) is 0.182. The maximum Gasteiger partial charge on any atom is 0.303 e. The molecule has 17 heavy (non-hydrogen) atoms. The minimum Gasteiger partial charge on any atom is -0.481 e. The molecule has 2 N–H and O–H groups in total. The van der Waals surface area contributed by atoms with Crippen molar-refractivity contribution >= 4 is 29.3 Å². The van der Waals surface area contributed by atoms with Crippen LogP contribution in [0.2, 0.25) is 0 Å². The molecule has 1 rings (SSSR count). The summed E-state index contributed by atoms with van der Waals surface area (Å²) in [6, 6.07) is 6.75. The van der Waals surface area contributed by atoms with Gasteiger partial charge in [-0.1, -0.05) is 0 Å². The van der Waals surface area contributed by atoms with E-state index in [0.29, 0.717) is 5.69 Å². The normalized spacial score (nSPS) is 9.35. The van der Waals surface area contributed by atoms with E-state index >= 15 is 0 Å². The number of thioether (sulfide) groups is 1. The lowest BCUT2D eigenvalue weighted by molar-refractivity contribution is -0.138. The van der Waals surface area contributed by atoms with E-state index in [1.807, 2.05) is 5.40 Å². The smallest absolute Gasteiger partial charge is 0.303 e. The largest absolute Gasteiger partial charge is 0.481 e. The Morgan fingerprint density at radius 1 is 1.29 bits per heavy atom. The van der Waals surface area contributed by atoms with Gasteiger partial charge in [-0.25, -0.2) is 0 Å². The number of nitriles is 1. The van der Waals surface area contributed by atoms with E-state index in [1.54, 1.807) is 24.3 Å². The summed E-state index contributed by atoms with van der Waals surface area (Å²) in [5, 5.41) is 21.4. The Hall–Kier alpha value is -2.00. The maximum absolute atomic E-state index is 11.3. The molecule has 0 spiro atoms. The average Bonchev–Trinajstić information content (AvgIpc) is 2.29. The van der Waals surface area contributed by atoms with Crippen molar-refractivity contribution in [3.63, 3.8) is 0 Å². The summed E-state index contributed by atoms with van der Waals surface area (Å²) in [4.78, 5) is 22.3. The van der Waals surface area contributed by atoms with E-state index in [-0.39, 0.29) is 18.7 Å². The van der Waals surface area contributed by atoms with Crippen LogP contribution in [0.25, 0.3) is 0 Å². The third-order valence-corrected chi connectivity index (χ3v) is 2.47. The van der Waals surface area contributed by atoms with E-state index in [9.17, 15) is 9.59 Å². The predicted molar refractivity (Wildman–Crippen MR) is 63.4 cm³/mol. The van der Waals surface area contributed by atoms with Crippen LogP contribution >= 0.6 is 11.8 Å². The van der Waals surface area contributed by atoms with E-state index in [4.69, 9.17) is 10.4 Å². The van der Waals surface area contributed by atoms with Crippen LogP contribution in [0.1, 0.15) is 12.8 Å². The molecule has 0 heterocycles. The lowest BCUT2D eigenvalue weighted by Gasteiger charge is -2.04. The summed E-state index contributed by atoms with van der Waals surface area (Å²) in [6.07, 6.45) is -0.238. The summed E-state index contributed by atoms with van der Waals surface area (Å²) in [7, 11) is 0. The fourth-order valence-electron chi connectivity index (χ4n) is 1.10. The number of nitrogens with zero attached hydrogens (tertiary/aromatic N) is 1. The average molecular weight is 250 g/mol. The Labute approximate surface area is 102 Å². The zero-order valence-electron chi connectivity index (χ0n) is 8.84. The van der Waals surface area contributed by atoms with E-state index in [2.05, 4.69) is 5.32 Å². The lowest BCUT2D eigenvalue weighted by Crippen LogP contribution is -2.12. The molecule has 0 aliphatic carbocycles. The van der Waals surface area contributed by atoms with Crippen LogP contribution in [0.15, 0.2) is 29.2 Å². The van der Waals surface area contributed by atoms with Crippen LogP contribution in [0.5, 0.6) is 0 Å². The van der Waals surface area contributed by atoms with E-state index in [0.717, 1.165) is 16.7 Å². The first-order chi connectivity index (χ1) is 8.11. The second-order valence-electron chi connectivity index (χ2n) is 3.16. The number of benzene rings is 1. The molecular weight excluding hydrogens is 240 g/mol. The number of amides is 1. The molecule has 1 amide bonds. The Kier molecular flexibility index (Phi) is 5.04. The van der Waals surface area contributed by atoms with Gasteiger partial charge in [0.25, 0.3) is 0 Å². The SMILES string of the molecule is N#CSc1ccc(NC(=O)CCC(=O)O)cc1. The molecule has 0 fully saturated rings. The first kappa shape index (κ1) is 13.1. The van der Waals surface area contributed by atoms with Gasteiger partial charge in [-0.15, -0.1) is 0 Å². The molecule has 0 saturated carbocycles. The van der Waals surface area contributed by atoms with Crippen molar-refractivity contribution in [2.24, 2.45) is 0 Å². The van der Waals surface area contributed by atoms with Crippen molar-refractivity contribution < 1.29 is 14.7 Å². The number of hydrogen-bond acceptors (Lipinski definition) is 4. The number of rotatable bonds is 5. The Morgan fingerprint density at radius 3 is 2.47 bits per heavy atom. The highest BCUT2D eigenvalue weighted by Crippen LogP contribution is 2.19. The summed E-state index contributed by atoms with van der Waals surface area (Å²) in [6.45, 7) is 0. The number of carbonyl (C=O) groups is 2. The number of hydrogen-bond donors (Lipinski definition) is 2. The topological polar surface area (TPSA) is 90.2 Å². The van der Waals surface area contributed by atoms with E-state index < -0.39 is 5.97 Å². The van der Waals surface area contributed by atoms with Gasteiger partial charge in [-0.2, -0.15) is 5.26 Å². The van der Waals surface area contributed by atoms with Gasteiger partial charge in [0.2, 0.25) is 5.91 Å². The number of anilines is 1. The van der Waals surface area contributed by atoms with Crippen LogP contribution in [0, 0.1) is 10.7 Å². The quantitative estimate of drug-likeness (QED) is 0.616. The number of carbonyl (C=O) groups excluding carboxylic acids is 1. The van der Waals surface area contributed by atoms with Crippen molar-refractivity contribution in [3.05, 3.63) is 24.3 Å². The van der Waals surface area contributed by atoms with Crippen LogP contribution in [-0.4, -0.2) is 17.0 Å². The molecule has 6 heteroatoms. The molecule has 88 valence electrons. The minimum atomic E-state index is -0.999. The monoisotopic (exact) mass is 250 g/mol. The number of nitrogens with one attached hydrogen (secondary N) is 1. The van der Waals surface area contributed by atoms with Crippen molar-refractivity contribution in [3.8, 4) is 5.40 Å². The molecule has 0 aliphatic rings. The Bertz CT molecular complexity index is 451. The molecule has 0 radical (unpaired) electrons. The van der Waals surface area contributed by atoms with Crippen LogP contribution in [-0.2, 0) is 9.59 Å². The highest BCUT2D eigenvalue weighted by molar-refractivity contribution is 8.03. The lowest BCUT2D eigenvalue weighted by atomic mass is 10.2. The zero-order chi connectivity index (χ0) is 12.7. The molecule has 0 unspecified atom stereocenters. The molecule has 0 saturated heterocycles. The van der Waals surface area contributed by atoms with Gasteiger partial charge < -0.3 is 10.4 Å². The first-order valence-electron chi connectivity index (χ1n) is 4.79. The number of thiocyanates is 1. The molecular formula is C11H10N2O3S. The molecule has 0 atom stereocenters. The zero-order valence-corrected chi connectivity index (χ0v) is 9.66. The van der Waals surface area contributed by atoms with Crippen molar-refractivity contribution in [2.75, 3.05) is 5.32 Å². The molecule has 1 aromatic carbocycles. The first-order valence-corrected chi connectivity index (χ1v) is 5.61. The molecule has 0 aliphatic heterocycles. The molecule has 0 aromatic heterocycles. The summed E-state index contributed by atoms with van der Waals surface area (Å²) < 4.78 is 0. The van der Waals surface area contributed by atoms with Crippen molar-refractivity contribution in [1.29, 1.82) is 5.26 Å². The van der Waals surface area contributed by atoms with Crippen molar-refractivity contribution in [1.82, 2.24) is 0 Å². The fourth-order valence-corrected chi connectivity index (χ4v) is 1.48. The van der Waals surface area contributed by atoms with Gasteiger partial charge >= 0.3 is 5.97 Å². The molecule has 1 aromatic rings. The highest BCUT2D eigenvalue weighted by Gasteiger charge is 2.05. The van der Waals surface area contributed by atoms with Gasteiger partial charge in [0.1, 0.15) is 5.40 Å². The van der Waals surface area contributed by atoms with Crippen LogP contribution in [0.4, 0.5) is 5.69 Å². The van der Waals surface area contributed by atoms with Crippen LogP contribution < -0.4 is 5.32 Å². The number of aliphatic carboxylic acids is 1. The Balaban J connectivity index is 2.49. The maximum atomic E-state index is 11.3. The Morgan fingerprint density at radius 2 is 1.94 bits per heavy atom. The van der Waals surface area contributed by atoms with Gasteiger partial charge in [0, 0.05) is 17.0 Å². The predicted octanol–water partition coefficient (Wildman–Crippen LogP) is 2.06. The van der Waals surface area contributed by atoms with Gasteiger partial charge in [0.05, 0.1) is 6.42 Å². The summed E-state index contributed by atoms with van der Waals surface area (Å²) in [5.41, 5.74) is 0.586. The van der Waals surface area contributed by atoms with Crippen molar-refractivity contribution in [2.45, 2.75) is 17.7 Å². The van der Waals surface area contributed by atoms with Crippen LogP contribution in [0.3, 0.4) is 0 Å². The summed E-state index contributed by atoms with van der Waals surface area (Å²) in [5.74, 6) is -1.34. The third kappa shape index (κ3) is 5.04. The standard InChI is InChI=1S/C11H10N2O3S/c12-7-17-9-3-1-8(2-4-9)13-10(14)5-6-11(15)16/h1-4H,5-6H2,(H,13,14)(H,15,16). The minimum absolute atomic E-state index is 0.0516. The number of carboxylic acids is 1. The summed E-state index contributed by atoms with van der Waals surface area (Å²) >= 11 is 1.03. The second kappa shape index (κ2) is 6.55. The number of carboxylic acid groups (broad SMARTS) is 1. The van der Waals surface area contributed by atoms with Gasteiger partial charge in [-0.05, 0) is 36.0 Å².